The summed E-state index contributed by atoms with van der Waals surface area (Å²) >= 11 is 0. The zero-order chi connectivity index (χ0) is 21.8. The lowest BCUT2D eigenvalue weighted by atomic mass is 10.1. The molecule has 0 atom stereocenters. The molecule has 6 nitrogen and oxygen atoms in total. The molecule has 0 spiro atoms. The third-order valence-corrected chi connectivity index (χ3v) is 4.47. The van der Waals surface area contributed by atoms with E-state index in [0.717, 1.165) is 23.5 Å². The van der Waals surface area contributed by atoms with Crippen LogP contribution in [0.3, 0.4) is 0 Å². The molecule has 0 saturated heterocycles. The van der Waals surface area contributed by atoms with E-state index in [9.17, 15) is 13.2 Å². The van der Waals surface area contributed by atoms with E-state index in [1.165, 1.54) is 13.2 Å². The van der Waals surface area contributed by atoms with Gasteiger partial charge in [0.1, 0.15) is 23.8 Å². The van der Waals surface area contributed by atoms with Gasteiger partial charge in [0.2, 0.25) is 0 Å². The Kier molecular flexibility index (Phi) is 5.57. The second-order valence-electron chi connectivity index (χ2n) is 6.54. The molecule has 0 aliphatic rings. The van der Waals surface area contributed by atoms with Crippen LogP contribution in [0.2, 0.25) is 0 Å². The molecule has 0 saturated carbocycles. The van der Waals surface area contributed by atoms with Crippen LogP contribution in [0.4, 0.5) is 13.2 Å². The first kappa shape index (κ1) is 20.4. The summed E-state index contributed by atoms with van der Waals surface area (Å²) in [6.45, 7) is 0.0207. The number of nitrogens with one attached hydrogen (secondary N) is 1. The summed E-state index contributed by atoms with van der Waals surface area (Å²) in [6.07, 6.45) is -0.179. The van der Waals surface area contributed by atoms with Crippen molar-refractivity contribution in [1.29, 1.82) is 0 Å². The number of hydrogen-bond acceptors (Lipinski definition) is 5. The molecule has 4 aromatic rings. The zero-order valence-corrected chi connectivity index (χ0v) is 16.3. The number of ether oxygens (including phenoxy) is 2. The van der Waals surface area contributed by atoms with E-state index in [4.69, 9.17) is 9.47 Å². The number of nitrogens with zero attached hydrogens (tertiary/aromatic N) is 3. The van der Waals surface area contributed by atoms with Crippen molar-refractivity contribution in [2.45, 2.75) is 12.8 Å². The van der Waals surface area contributed by atoms with Gasteiger partial charge in [0, 0.05) is 30.2 Å². The number of pyridine rings is 2. The van der Waals surface area contributed by atoms with Crippen LogP contribution in [0, 0.1) is 0 Å². The number of alkyl halides is 3. The Morgan fingerprint density at radius 2 is 1.87 bits per heavy atom. The maximum Gasteiger partial charge on any atom is 0.417 e. The molecular weight excluding hydrogens is 409 g/mol. The van der Waals surface area contributed by atoms with Gasteiger partial charge < -0.3 is 14.5 Å². The molecule has 0 aliphatic heterocycles. The second kappa shape index (κ2) is 8.47. The van der Waals surface area contributed by atoms with Crippen LogP contribution in [0.15, 0.2) is 67.1 Å². The molecule has 0 radical (unpaired) electrons. The standard InChI is InChI=1S/C22H17F3N4O2/c1-30-20-10-16(31-13-15-6-5-14(11-27-15)22(23,24)25)7-8-17(20)19-12-28-21(29-19)18-4-2-3-9-26-18/h2-12H,13H2,1H3,(H,28,29). The summed E-state index contributed by atoms with van der Waals surface area (Å²) in [5.74, 6) is 1.66. The van der Waals surface area contributed by atoms with Crippen LogP contribution < -0.4 is 9.47 Å². The molecule has 158 valence electrons. The quantitative estimate of drug-likeness (QED) is 0.462. The lowest BCUT2D eigenvalue weighted by Gasteiger charge is -2.11. The van der Waals surface area contributed by atoms with Crippen LogP contribution in [-0.2, 0) is 12.8 Å². The van der Waals surface area contributed by atoms with Gasteiger partial charge in [0.05, 0.1) is 24.1 Å². The monoisotopic (exact) mass is 426 g/mol. The summed E-state index contributed by atoms with van der Waals surface area (Å²) in [5.41, 5.74) is 1.72. The van der Waals surface area contributed by atoms with Crippen molar-refractivity contribution in [2.75, 3.05) is 7.11 Å². The zero-order valence-electron chi connectivity index (χ0n) is 16.3. The van der Waals surface area contributed by atoms with Gasteiger partial charge in [-0.1, -0.05) is 6.07 Å². The van der Waals surface area contributed by atoms with E-state index in [1.54, 1.807) is 30.6 Å². The largest absolute Gasteiger partial charge is 0.496 e. The van der Waals surface area contributed by atoms with Crippen LogP contribution in [0.1, 0.15) is 11.3 Å². The Balaban J connectivity index is 1.49. The fraction of sp³-hybridized carbons (Fsp3) is 0.136. The van der Waals surface area contributed by atoms with Crippen molar-refractivity contribution >= 4 is 0 Å². The third kappa shape index (κ3) is 4.66. The summed E-state index contributed by atoms with van der Waals surface area (Å²) < 4.78 is 49.0. The van der Waals surface area contributed by atoms with Crippen molar-refractivity contribution < 1.29 is 22.6 Å². The van der Waals surface area contributed by atoms with Gasteiger partial charge >= 0.3 is 6.18 Å². The van der Waals surface area contributed by atoms with Crippen LogP contribution in [0.5, 0.6) is 11.5 Å². The fourth-order valence-corrected chi connectivity index (χ4v) is 2.90. The van der Waals surface area contributed by atoms with Gasteiger partial charge in [-0.2, -0.15) is 13.2 Å². The van der Waals surface area contributed by atoms with Crippen LogP contribution in [0.25, 0.3) is 22.8 Å². The normalized spacial score (nSPS) is 11.4. The number of H-pyrrole nitrogens is 1. The number of aromatic nitrogens is 4. The molecule has 1 N–H and O–H groups in total. The van der Waals surface area contributed by atoms with Gasteiger partial charge in [-0.15, -0.1) is 0 Å². The van der Waals surface area contributed by atoms with Crippen molar-refractivity contribution in [3.63, 3.8) is 0 Å². The summed E-state index contributed by atoms with van der Waals surface area (Å²) in [5, 5.41) is 0. The highest BCUT2D eigenvalue weighted by atomic mass is 19.4. The SMILES string of the molecule is COc1cc(OCc2ccc(C(F)(F)F)cn2)ccc1-c1c[nH]c(-c2ccccn2)n1. The molecule has 0 fully saturated rings. The number of halogens is 3. The number of benzene rings is 1. The highest BCUT2D eigenvalue weighted by Crippen LogP contribution is 2.33. The highest BCUT2D eigenvalue weighted by Gasteiger charge is 2.30. The van der Waals surface area contributed by atoms with Gasteiger partial charge in [-0.05, 0) is 36.4 Å². The minimum absolute atomic E-state index is 0.0207. The van der Waals surface area contributed by atoms with Crippen molar-refractivity contribution in [3.05, 3.63) is 78.4 Å². The van der Waals surface area contributed by atoms with Crippen LogP contribution in [-0.4, -0.2) is 27.0 Å². The maximum absolute atomic E-state index is 12.6. The first-order valence-electron chi connectivity index (χ1n) is 9.24. The van der Waals surface area contributed by atoms with Gasteiger partial charge in [-0.25, -0.2) is 4.98 Å². The van der Waals surface area contributed by atoms with E-state index in [0.29, 0.717) is 28.7 Å². The molecule has 0 amide bonds. The first-order valence-corrected chi connectivity index (χ1v) is 9.24. The Morgan fingerprint density at radius 1 is 1.00 bits per heavy atom. The average Bonchev–Trinajstić information content (AvgIpc) is 3.28. The van der Waals surface area contributed by atoms with Gasteiger partial charge in [0.15, 0.2) is 5.82 Å². The number of aromatic amines is 1. The number of methoxy groups -OCH3 is 1. The van der Waals surface area contributed by atoms with Crippen molar-refractivity contribution in [2.24, 2.45) is 0 Å². The molecule has 1 aromatic carbocycles. The molecule has 0 aliphatic carbocycles. The topological polar surface area (TPSA) is 72.9 Å². The summed E-state index contributed by atoms with van der Waals surface area (Å²) in [4.78, 5) is 15.7. The third-order valence-electron chi connectivity index (χ3n) is 4.47. The van der Waals surface area contributed by atoms with E-state index < -0.39 is 11.7 Å². The van der Waals surface area contributed by atoms with E-state index in [2.05, 4.69) is 19.9 Å². The lowest BCUT2D eigenvalue weighted by molar-refractivity contribution is -0.137. The lowest BCUT2D eigenvalue weighted by Crippen LogP contribution is -2.06. The van der Waals surface area contributed by atoms with E-state index in [-0.39, 0.29) is 6.61 Å². The van der Waals surface area contributed by atoms with Gasteiger partial charge in [-0.3, -0.25) is 9.97 Å². The Morgan fingerprint density at radius 3 is 2.55 bits per heavy atom. The molecule has 4 rings (SSSR count). The second-order valence-corrected chi connectivity index (χ2v) is 6.54. The molecule has 31 heavy (non-hydrogen) atoms. The Labute approximate surface area is 175 Å². The van der Waals surface area contributed by atoms with Gasteiger partial charge in [0.25, 0.3) is 0 Å². The van der Waals surface area contributed by atoms with E-state index in [1.807, 2.05) is 18.2 Å². The van der Waals surface area contributed by atoms with E-state index >= 15 is 0 Å². The highest BCUT2D eigenvalue weighted by molar-refractivity contribution is 5.70. The fourth-order valence-electron chi connectivity index (χ4n) is 2.90. The molecule has 0 bridgehead atoms. The molecular formula is C22H17F3N4O2. The first-order chi connectivity index (χ1) is 14.9. The predicted molar refractivity (Wildman–Crippen MR) is 107 cm³/mol. The summed E-state index contributed by atoms with van der Waals surface area (Å²) in [7, 11) is 1.53. The number of rotatable bonds is 6. The molecule has 9 heteroatoms. The smallest absolute Gasteiger partial charge is 0.417 e. The molecule has 0 unspecified atom stereocenters. The number of imidazole rings is 1. The molecule has 3 heterocycles. The minimum Gasteiger partial charge on any atom is -0.496 e. The maximum atomic E-state index is 12.6. The Hall–Kier alpha value is -3.88. The average molecular weight is 426 g/mol. The molecule has 3 aromatic heterocycles. The summed E-state index contributed by atoms with van der Waals surface area (Å²) in [6, 6.07) is 13.0. The van der Waals surface area contributed by atoms with Crippen molar-refractivity contribution in [3.8, 4) is 34.3 Å². The Bertz CT molecular complexity index is 1160. The van der Waals surface area contributed by atoms with Crippen molar-refractivity contribution in [1.82, 2.24) is 19.9 Å². The number of hydrogen-bond donors (Lipinski definition) is 1. The van der Waals surface area contributed by atoms with Crippen LogP contribution >= 0.6 is 0 Å². The minimum atomic E-state index is -4.42. The predicted octanol–water partition coefficient (Wildman–Crippen LogP) is 5.14.